The Hall–Kier alpha value is -2.95. The summed E-state index contributed by atoms with van der Waals surface area (Å²) in [6.45, 7) is 28.1. The van der Waals surface area contributed by atoms with Crippen LogP contribution in [-0.4, -0.2) is 11.4 Å². The van der Waals surface area contributed by atoms with Gasteiger partial charge in [0.05, 0.1) is 20.8 Å². The van der Waals surface area contributed by atoms with E-state index in [1.165, 1.54) is 184 Å². The van der Waals surface area contributed by atoms with Gasteiger partial charge in [-0.05, 0) is 230 Å². The molecule has 4 heterocycles. The fourth-order valence-electron chi connectivity index (χ4n) is 18.6. The molecule has 8 aliphatic rings. The van der Waals surface area contributed by atoms with E-state index in [0.717, 1.165) is 109 Å². The van der Waals surface area contributed by atoms with Gasteiger partial charge in [0, 0.05) is 55.6 Å². The zero-order valence-electron chi connectivity index (χ0n) is 65.2. The Balaban J connectivity index is 0.000000198. The molecule has 0 amide bonds. The van der Waals surface area contributed by atoms with E-state index in [2.05, 4.69) is 220 Å². The topological polar surface area (TPSA) is 71.4 Å². The van der Waals surface area contributed by atoms with Crippen molar-refractivity contribution in [2.75, 3.05) is 0 Å². The third kappa shape index (κ3) is 19.0. The van der Waals surface area contributed by atoms with E-state index in [-0.39, 0.29) is 27.6 Å². The zero-order valence-corrected chi connectivity index (χ0v) is 75.7. The first-order chi connectivity index (χ1) is 50.8. The normalized spacial score (nSPS) is 27.6. The zero-order chi connectivity index (χ0) is 74.9. The Morgan fingerprint density at radius 2 is 0.748 bits per heavy atom. The summed E-state index contributed by atoms with van der Waals surface area (Å²) in [6, 6.07) is 33.8. The molecule has 107 heavy (non-hydrogen) atoms. The molecule has 2 aromatic heterocycles. The molecule has 6 aliphatic carbocycles. The van der Waals surface area contributed by atoms with Crippen LogP contribution in [0.2, 0.25) is 10.0 Å². The van der Waals surface area contributed by atoms with Crippen LogP contribution in [0.3, 0.4) is 0 Å². The van der Waals surface area contributed by atoms with E-state index >= 15 is 0 Å². The number of benzene rings is 4. The summed E-state index contributed by atoms with van der Waals surface area (Å²) in [7, 11) is 0. The van der Waals surface area contributed by atoms with E-state index in [1.54, 1.807) is 23.5 Å². The number of rotatable bonds is 16. The van der Waals surface area contributed by atoms with Crippen molar-refractivity contribution >= 4 is 133 Å². The minimum atomic E-state index is 0. The first-order valence-corrected chi connectivity index (χ1v) is 46.0. The number of halogens is 6. The minimum absolute atomic E-state index is 0. The van der Waals surface area contributed by atoms with Crippen molar-refractivity contribution in [1.82, 2.24) is 9.97 Å². The van der Waals surface area contributed by atoms with E-state index in [0.29, 0.717) is 71.0 Å². The van der Waals surface area contributed by atoms with Crippen molar-refractivity contribution in [2.45, 2.75) is 280 Å². The molecule has 0 saturated heterocycles. The SMILES string of the molecule is CC1CCCCC1C1=N/C(=C(/Oc2ccc(C(C)(C)C)cc2)c2[n-]c(C3CCCCC3C)c(Br)c2C2CCCCC2C)C(Sc2ccc(Cl)cc2)=C1Br.CC1CCCCC1C1=N/C(=C(/Oc2ccc(C(C)(C)C)cc2)c2[n-]c(C3CCCCC3C)c(Br)c2Sc2ccc(Cl)cc2)C(C2CCCCC2C)=C1Br.[Co+2]. The van der Waals surface area contributed by atoms with Crippen molar-refractivity contribution in [1.29, 1.82) is 0 Å². The van der Waals surface area contributed by atoms with Gasteiger partial charge in [-0.3, -0.25) is 0 Å². The van der Waals surface area contributed by atoms with E-state index in [9.17, 15) is 0 Å². The van der Waals surface area contributed by atoms with Gasteiger partial charge >= 0.3 is 16.8 Å². The second-order valence-electron chi connectivity index (χ2n) is 34.9. The summed E-state index contributed by atoms with van der Waals surface area (Å²) in [5, 5.41) is 1.48. The standard InChI is InChI=1S/2C46H56Br2ClN2OS.Co/c2*1-27-13-7-10-16-34(27)37-38(47)40(35-17-11-8-14-28(35)2)50-42(37)44(52-32-23-19-30(20-24-32)46(4,5)6)43-45(53-33-25-21-31(49)22-26-33)39(48)41(51-43)36-18-12-9-15-29(36)3;/h2*19-29,34-36H,7-18H2,1-6H3;/q2*-1;+2/b44-43+;44-42+;. The predicted octanol–water partition coefficient (Wildman–Crippen LogP) is 30.7. The summed E-state index contributed by atoms with van der Waals surface area (Å²) >= 11 is 33.2. The largest absolute Gasteiger partial charge is 2.00 e. The second kappa shape index (κ2) is 36.7. The van der Waals surface area contributed by atoms with Gasteiger partial charge in [-0.2, -0.15) is 0 Å². The summed E-state index contributed by atoms with van der Waals surface area (Å²) in [5.74, 6) is 9.07. The molecule has 6 saturated carbocycles. The van der Waals surface area contributed by atoms with Crippen molar-refractivity contribution in [3.63, 3.8) is 0 Å². The summed E-state index contributed by atoms with van der Waals surface area (Å²) < 4.78 is 19.2. The van der Waals surface area contributed by atoms with Gasteiger partial charge in [-0.1, -0.05) is 313 Å². The number of hydrogen-bond donors (Lipinski definition) is 0. The van der Waals surface area contributed by atoms with Crippen LogP contribution in [0, 0.1) is 53.3 Å². The Morgan fingerprint density at radius 3 is 1.17 bits per heavy atom. The van der Waals surface area contributed by atoms with Gasteiger partial charge in [0.15, 0.2) is 0 Å². The maximum absolute atomic E-state index is 7.30. The van der Waals surface area contributed by atoms with Crippen molar-refractivity contribution < 1.29 is 26.3 Å². The first kappa shape index (κ1) is 83.5. The smallest absolute Gasteiger partial charge is 0.657 e. The summed E-state index contributed by atoms with van der Waals surface area (Å²) in [5.41, 5.74) is 13.8. The molecule has 12 unspecified atom stereocenters. The molecule has 15 heteroatoms. The second-order valence-corrected chi connectivity index (χ2v) is 41.1. The van der Waals surface area contributed by atoms with Crippen molar-refractivity contribution in [2.24, 2.45) is 63.2 Å². The van der Waals surface area contributed by atoms with E-state index < -0.39 is 0 Å². The fraction of sp³-hybridized carbons (Fsp3) is 0.543. The molecule has 1 radical (unpaired) electrons. The number of aromatic nitrogens is 2. The quantitative estimate of drug-likeness (QED) is 0.0899. The van der Waals surface area contributed by atoms with Gasteiger partial charge in [0.1, 0.15) is 34.4 Å². The molecule has 575 valence electrons. The van der Waals surface area contributed by atoms with Gasteiger partial charge in [-0.15, -0.1) is 11.4 Å². The molecule has 0 bridgehead atoms. The summed E-state index contributed by atoms with van der Waals surface area (Å²) in [4.78, 5) is 27.3. The molecule has 0 N–H and O–H groups in total. The molecule has 6 aromatic rings. The number of nitrogens with zero attached hydrogens (tertiary/aromatic N) is 4. The van der Waals surface area contributed by atoms with Crippen LogP contribution in [0.5, 0.6) is 11.5 Å². The van der Waals surface area contributed by atoms with Crippen LogP contribution < -0.4 is 19.4 Å². The predicted molar refractivity (Wildman–Crippen MR) is 464 cm³/mol. The molecular formula is C92H112Br4Cl2CoN4O2S2. The van der Waals surface area contributed by atoms with Crippen LogP contribution in [0.25, 0.3) is 11.5 Å². The van der Waals surface area contributed by atoms with Gasteiger partial charge in [0.2, 0.25) is 0 Å². The fourth-order valence-corrected chi connectivity index (χ4v) is 24.1. The number of ether oxygens (including phenoxy) is 2. The molecule has 14 rings (SSSR count). The number of thioether (sulfide) groups is 1. The monoisotopic (exact) mass is 1810 g/mol. The molecule has 6 nitrogen and oxygen atoms in total. The number of allylic oxidation sites excluding steroid dienone is 3. The molecule has 6 fully saturated rings. The van der Waals surface area contributed by atoms with Crippen molar-refractivity contribution in [3.05, 3.63) is 186 Å². The van der Waals surface area contributed by atoms with Crippen LogP contribution in [-0.2, 0) is 27.6 Å². The van der Waals surface area contributed by atoms with E-state index in [4.69, 9.17) is 52.6 Å². The van der Waals surface area contributed by atoms with Crippen LogP contribution in [0.1, 0.15) is 294 Å². The van der Waals surface area contributed by atoms with Crippen LogP contribution >= 0.6 is 110 Å². The Kier molecular flexibility index (Phi) is 28.6. The molecule has 4 aromatic carbocycles. The molecule has 2 aliphatic heterocycles. The van der Waals surface area contributed by atoms with E-state index in [1.807, 2.05) is 24.3 Å². The van der Waals surface area contributed by atoms with Gasteiger partial charge in [0.25, 0.3) is 0 Å². The third-order valence-corrected chi connectivity index (χ3v) is 31.8. The third-order valence-electron chi connectivity index (χ3n) is 25.3. The molecule has 12 atom stereocenters. The average molecular weight is 1820 g/mol. The summed E-state index contributed by atoms with van der Waals surface area (Å²) in [6.07, 6.45) is 29.7. The molecular weight excluding hydrogens is 1710 g/mol. The number of hydrogen-bond acceptors (Lipinski definition) is 6. The van der Waals surface area contributed by atoms with Gasteiger partial charge < -0.3 is 19.4 Å². The Labute approximate surface area is 704 Å². The molecule has 0 spiro atoms. The Morgan fingerprint density at radius 1 is 0.402 bits per heavy atom. The minimum Gasteiger partial charge on any atom is -0.657 e. The maximum atomic E-state index is 7.30. The van der Waals surface area contributed by atoms with Crippen LogP contribution in [0.4, 0.5) is 0 Å². The Bertz CT molecular complexity index is 4290. The van der Waals surface area contributed by atoms with Gasteiger partial charge in [-0.25, -0.2) is 9.98 Å². The average Bonchev–Trinajstić information content (AvgIpc) is 1.60. The number of aliphatic imine (C=N–C) groups is 2. The first-order valence-electron chi connectivity index (χ1n) is 40.4. The van der Waals surface area contributed by atoms with Crippen LogP contribution in [0.15, 0.2) is 162 Å². The maximum Gasteiger partial charge on any atom is 2.00 e. The van der Waals surface area contributed by atoms with Crippen molar-refractivity contribution in [3.8, 4) is 11.5 Å².